The number of nitrogens with one attached hydrogen (secondary N) is 1. The van der Waals surface area contributed by atoms with Crippen molar-refractivity contribution in [3.63, 3.8) is 0 Å². The number of halogens is 1. The highest BCUT2D eigenvalue weighted by atomic mass is 79.9. The lowest BCUT2D eigenvalue weighted by atomic mass is 10.3. The highest BCUT2D eigenvalue weighted by Gasteiger charge is 2.20. The summed E-state index contributed by atoms with van der Waals surface area (Å²) in [6.45, 7) is 0. The van der Waals surface area contributed by atoms with Crippen LogP contribution in [0.5, 0.6) is 0 Å². The highest BCUT2D eigenvalue weighted by Crippen LogP contribution is 2.18. The van der Waals surface area contributed by atoms with Gasteiger partial charge in [-0.15, -0.1) is 5.10 Å². The largest absolute Gasteiger partial charge is 0.299 e. The maximum Gasteiger partial charge on any atom is 0.299 e. The highest BCUT2D eigenvalue weighted by molar-refractivity contribution is 9.10. The molecular weight excluding hydrogens is 346 g/mol. The molecule has 0 atom stereocenters. The number of sulfonamides is 1. The summed E-state index contributed by atoms with van der Waals surface area (Å²) in [7, 11) is -3.85. The molecule has 0 bridgehead atoms. The first-order valence-corrected chi connectivity index (χ1v) is 7.78. The first kappa shape index (κ1) is 13.0. The van der Waals surface area contributed by atoms with E-state index in [-0.39, 0.29) is 10.9 Å². The van der Waals surface area contributed by atoms with Crippen LogP contribution in [0.3, 0.4) is 0 Å². The Morgan fingerprint density at radius 2 is 2.10 bits per heavy atom. The molecule has 20 heavy (non-hydrogen) atoms. The zero-order chi connectivity index (χ0) is 14.2. The summed E-state index contributed by atoms with van der Waals surface area (Å²) in [6.07, 6.45) is 3.09. The van der Waals surface area contributed by atoms with Crippen LogP contribution < -0.4 is 4.72 Å². The molecule has 0 aliphatic heterocycles. The number of benzene rings is 1. The maximum atomic E-state index is 12.2. The number of nitrogens with zero attached hydrogens (tertiary/aromatic N) is 4. The molecule has 102 valence electrons. The van der Waals surface area contributed by atoms with Gasteiger partial charge in [-0.1, -0.05) is 22.0 Å². The van der Waals surface area contributed by atoms with Gasteiger partial charge in [0.15, 0.2) is 0 Å². The maximum absolute atomic E-state index is 12.2. The van der Waals surface area contributed by atoms with Crippen LogP contribution in [-0.4, -0.2) is 28.0 Å². The zero-order valence-electron chi connectivity index (χ0n) is 9.93. The predicted molar refractivity (Wildman–Crippen MR) is 75.7 cm³/mol. The average Bonchev–Trinajstić information content (AvgIpc) is 2.82. The van der Waals surface area contributed by atoms with Crippen LogP contribution in [-0.2, 0) is 10.0 Å². The molecule has 0 saturated carbocycles. The minimum atomic E-state index is -3.85. The molecule has 1 aromatic carbocycles. The second kappa shape index (κ2) is 4.84. The SMILES string of the molecule is O=S(=O)(Nc1cccc(Br)c1)c1nc2ncccn2n1. The van der Waals surface area contributed by atoms with Crippen molar-refractivity contribution in [2.75, 3.05) is 4.72 Å². The Bertz CT molecular complexity index is 844. The Balaban J connectivity index is 1.99. The van der Waals surface area contributed by atoms with Gasteiger partial charge in [-0.25, -0.2) is 9.50 Å². The fourth-order valence-corrected chi connectivity index (χ4v) is 2.91. The van der Waals surface area contributed by atoms with Gasteiger partial charge in [0, 0.05) is 16.9 Å². The third-order valence-electron chi connectivity index (χ3n) is 2.41. The molecule has 2 heterocycles. The normalized spacial score (nSPS) is 11.7. The predicted octanol–water partition coefficient (Wildman–Crippen LogP) is 1.69. The lowest BCUT2D eigenvalue weighted by molar-refractivity contribution is 0.592. The topological polar surface area (TPSA) is 89.2 Å². The number of rotatable bonds is 3. The van der Waals surface area contributed by atoms with Gasteiger partial charge in [-0.05, 0) is 24.3 Å². The van der Waals surface area contributed by atoms with E-state index in [1.54, 1.807) is 36.5 Å². The Morgan fingerprint density at radius 3 is 2.85 bits per heavy atom. The molecule has 0 aliphatic carbocycles. The van der Waals surface area contributed by atoms with E-state index in [2.05, 4.69) is 35.7 Å². The van der Waals surface area contributed by atoms with E-state index in [4.69, 9.17) is 0 Å². The van der Waals surface area contributed by atoms with E-state index in [9.17, 15) is 8.42 Å². The molecule has 0 spiro atoms. The van der Waals surface area contributed by atoms with Gasteiger partial charge in [-0.3, -0.25) is 4.72 Å². The first-order chi connectivity index (χ1) is 9.54. The molecule has 0 fully saturated rings. The van der Waals surface area contributed by atoms with Crippen LogP contribution >= 0.6 is 15.9 Å². The molecule has 2 aromatic heterocycles. The van der Waals surface area contributed by atoms with Crippen molar-refractivity contribution in [2.45, 2.75) is 5.16 Å². The molecule has 0 saturated heterocycles. The second-order valence-corrected chi connectivity index (χ2v) is 6.37. The van der Waals surface area contributed by atoms with Gasteiger partial charge in [-0.2, -0.15) is 13.4 Å². The van der Waals surface area contributed by atoms with Gasteiger partial charge < -0.3 is 0 Å². The molecule has 0 aliphatic rings. The average molecular weight is 354 g/mol. The van der Waals surface area contributed by atoms with Crippen LogP contribution in [0.25, 0.3) is 5.78 Å². The number of hydrogen-bond acceptors (Lipinski definition) is 5. The van der Waals surface area contributed by atoms with Crippen molar-refractivity contribution in [2.24, 2.45) is 0 Å². The summed E-state index contributed by atoms with van der Waals surface area (Å²) in [4.78, 5) is 7.81. The van der Waals surface area contributed by atoms with E-state index in [1.807, 2.05) is 0 Å². The quantitative estimate of drug-likeness (QED) is 0.773. The second-order valence-electron chi connectivity index (χ2n) is 3.87. The van der Waals surface area contributed by atoms with Gasteiger partial charge in [0.05, 0.1) is 5.69 Å². The van der Waals surface area contributed by atoms with Crippen molar-refractivity contribution in [3.8, 4) is 0 Å². The molecule has 3 aromatic rings. The number of fused-ring (bicyclic) bond motifs is 1. The smallest absolute Gasteiger partial charge is 0.277 e. The van der Waals surface area contributed by atoms with Crippen LogP contribution in [0.4, 0.5) is 5.69 Å². The van der Waals surface area contributed by atoms with E-state index in [1.165, 1.54) is 10.7 Å². The van der Waals surface area contributed by atoms with Crippen LogP contribution in [0.1, 0.15) is 0 Å². The molecule has 7 nitrogen and oxygen atoms in total. The van der Waals surface area contributed by atoms with Crippen LogP contribution in [0, 0.1) is 0 Å². The Kier molecular flexibility index (Phi) is 3.14. The summed E-state index contributed by atoms with van der Waals surface area (Å²) >= 11 is 3.27. The van der Waals surface area contributed by atoms with Crippen molar-refractivity contribution >= 4 is 37.4 Å². The van der Waals surface area contributed by atoms with Crippen molar-refractivity contribution in [1.82, 2.24) is 19.6 Å². The van der Waals surface area contributed by atoms with Gasteiger partial charge in [0.25, 0.3) is 21.0 Å². The standard InChI is InChI=1S/C11H8BrN5O2S/c12-8-3-1-4-9(7-8)16-20(18,19)11-14-10-13-5-2-6-17(10)15-11/h1-7,16H. The number of hydrogen-bond donors (Lipinski definition) is 1. The van der Waals surface area contributed by atoms with Gasteiger partial charge in [0.1, 0.15) is 0 Å². The Morgan fingerprint density at radius 1 is 1.25 bits per heavy atom. The van der Waals surface area contributed by atoms with E-state index >= 15 is 0 Å². The van der Waals surface area contributed by atoms with E-state index in [0.29, 0.717) is 5.69 Å². The van der Waals surface area contributed by atoms with E-state index < -0.39 is 10.0 Å². The molecule has 9 heteroatoms. The third-order valence-corrected chi connectivity index (χ3v) is 4.07. The molecule has 0 radical (unpaired) electrons. The summed E-state index contributed by atoms with van der Waals surface area (Å²) in [5.74, 6) is 0.224. The fourth-order valence-electron chi connectivity index (χ4n) is 1.58. The molecule has 3 rings (SSSR count). The molecule has 0 unspecified atom stereocenters. The van der Waals surface area contributed by atoms with Crippen molar-refractivity contribution in [1.29, 1.82) is 0 Å². The van der Waals surface area contributed by atoms with Crippen LogP contribution in [0.2, 0.25) is 0 Å². The summed E-state index contributed by atoms with van der Waals surface area (Å²) < 4.78 is 28.9. The monoisotopic (exact) mass is 353 g/mol. The van der Waals surface area contributed by atoms with Crippen molar-refractivity contribution < 1.29 is 8.42 Å². The number of anilines is 1. The van der Waals surface area contributed by atoms with Crippen LogP contribution in [0.15, 0.2) is 52.4 Å². The molecular formula is C11H8BrN5O2S. The van der Waals surface area contributed by atoms with E-state index in [0.717, 1.165) is 4.47 Å². The molecule has 0 amide bonds. The lowest BCUT2D eigenvalue weighted by Crippen LogP contribution is -2.14. The van der Waals surface area contributed by atoms with Gasteiger partial charge >= 0.3 is 0 Å². The third kappa shape index (κ3) is 2.49. The fraction of sp³-hybridized carbons (Fsp3) is 0. The molecule has 1 N–H and O–H groups in total. The van der Waals surface area contributed by atoms with Gasteiger partial charge in [0.2, 0.25) is 0 Å². The minimum absolute atomic E-state index is 0.224. The first-order valence-electron chi connectivity index (χ1n) is 5.50. The Hall–Kier alpha value is -2.00. The summed E-state index contributed by atoms with van der Waals surface area (Å²) in [5.41, 5.74) is 0.422. The summed E-state index contributed by atoms with van der Waals surface area (Å²) in [5, 5.41) is 3.56. The minimum Gasteiger partial charge on any atom is -0.277 e. The van der Waals surface area contributed by atoms with Crippen molar-refractivity contribution in [3.05, 3.63) is 47.2 Å². The zero-order valence-corrected chi connectivity index (χ0v) is 12.3. The Labute approximate surface area is 122 Å². The lowest BCUT2D eigenvalue weighted by Gasteiger charge is -2.04. The number of aromatic nitrogens is 4. The summed E-state index contributed by atoms with van der Waals surface area (Å²) in [6, 6.07) is 8.44.